The van der Waals surface area contributed by atoms with Crippen molar-refractivity contribution in [2.24, 2.45) is 0 Å². The summed E-state index contributed by atoms with van der Waals surface area (Å²) in [4.78, 5) is 18.3. The maximum Gasteiger partial charge on any atom is 0.271 e. The van der Waals surface area contributed by atoms with Crippen molar-refractivity contribution in [1.29, 1.82) is 0 Å². The molecule has 1 aromatic heterocycles. The SMILES string of the molecule is CC(C)NC(=O)c1csc(N2CCCC2)n1. The van der Waals surface area contributed by atoms with Gasteiger partial charge in [-0.1, -0.05) is 0 Å². The summed E-state index contributed by atoms with van der Waals surface area (Å²) in [6.07, 6.45) is 2.46. The first-order valence-electron chi connectivity index (χ1n) is 5.68. The lowest BCUT2D eigenvalue weighted by molar-refractivity contribution is 0.0939. The van der Waals surface area contributed by atoms with E-state index in [1.54, 1.807) is 11.3 Å². The highest BCUT2D eigenvalue weighted by molar-refractivity contribution is 7.13. The van der Waals surface area contributed by atoms with Gasteiger partial charge in [0.2, 0.25) is 0 Å². The Balaban J connectivity index is 2.03. The third kappa shape index (κ3) is 2.52. The Morgan fingerprint density at radius 1 is 1.50 bits per heavy atom. The normalized spacial score (nSPS) is 15.8. The average Bonchev–Trinajstić information content (AvgIpc) is 2.87. The number of hydrogen-bond acceptors (Lipinski definition) is 4. The lowest BCUT2D eigenvalue weighted by atomic mass is 10.3. The van der Waals surface area contributed by atoms with Crippen LogP contribution in [0.2, 0.25) is 0 Å². The number of aromatic nitrogens is 1. The van der Waals surface area contributed by atoms with Crippen molar-refractivity contribution in [1.82, 2.24) is 10.3 Å². The largest absolute Gasteiger partial charge is 0.349 e. The van der Waals surface area contributed by atoms with Gasteiger partial charge in [0.05, 0.1) is 0 Å². The molecule has 1 saturated heterocycles. The van der Waals surface area contributed by atoms with Crippen LogP contribution in [-0.4, -0.2) is 30.0 Å². The van der Waals surface area contributed by atoms with Gasteiger partial charge in [-0.15, -0.1) is 11.3 Å². The zero-order valence-electron chi connectivity index (χ0n) is 9.69. The molecule has 1 N–H and O–H groups in total. The molecule has 5 heteroatoms. The predicted molar refractivity (Wildman–Crippen MR) is 66.2 cm³/mol. The van der Waals surface area contributed by atoms with Crippen LogP contribution in [0.25, 0.3) is 0 Å². The van der Waals surface area contributed by atoms with Gasteiger partial charge in [0.25, 0.3) is 5.91 Å². The van der Waals surface area contributed by atoms with Crippen molar-refractivity contribution >= 4 is 22.4 Å². The number of thiazole rings is 1. The van der Waals surface area contributed by atoms with Gasteiger partial charge >= 0.3 is 0 Å². The minimum atomic E-state index is -0.0725. The van der Waals surface area contributed by atoms with E-state index in [2.05, 4.69) is 15.2 Å². The zero-order chi connectivity index (χ0) is 11.5. The van der Waals surface area contributed by atoms with Crippen LogP contribution in [0.1, 0.15) is 37.2 Å². The van der Waals surface area contributed by atoms with E-state index in [9.17, 15) is 4.79 Å². The van der Waals surface area contributed by atoms with Crippen LogP contribution >= 0.6 is 11.3 Å². The van der Waals surface area contributed by atoms with Gasteiger partial charge in [0.1, 0.15) is 5.69 Å². The van der Waals surface area contributed by atoms with Gasteiger partial charge in [0.15, 0.2) is 5.13 Å². The van der Waals surface area contributed by atoms with Crippen LogP contribution in [0, 0.1) is 0 Å². The molecule has 0 aliphatic carbocycles. The average molecular weight is 239 g/mol. The first kappa shape index (κ1) is 11.4. The Labute approximate surface area is 99.7 Å². The summed E-state index contributed by atoms with van der Waals surface area (Å²) < 4.78 is 0. The van der Waals surface area contributed by atoms with Crippen LogP contribution in [0.3, 0.4) is 0 Å². The Morgan fingerprint density at radius 2 is 2.19 bits per heavy atom. The standard InChI is InChI=1S/C11H17N3OS/c1-8(2)12-10(15)9-7-16-11(13-9)14-5-3-4-6-14/h7-8H,3-6H2,1-2H3,(H,12,15). The zero-order valence-corrected chi connectivity index (χ0v) is 10.5. The molecule has 1 aliphatic rings. The highest BCUT2D eigenvalue weighted by Crippen LogP contribution is 2.24. The molecule has 1 aromatic rings. The van der Waals surface area contributed by atoms with Crippen LogP contribution in [-0.2, 0) is 0 Å². The van der Waals surface area contributed by atoms with Gasteiger partial charge in [-0.3, -0.25) is 4.79 Å². The second-order valence-electron chi connectivity index (χ2n) is 4.34. The summed E-state index contributed by atoms with van der Waals surface area (Å²) in [5.74, 6) is -0.0725. The van der Waals surface area contributed by atoms with E-state index in [1.807, 2.05) is 19.2 Å². The van der Waals surface area contributed by atoms with Gasteiger partial charge in [-0.25, -0.2) is 4.98 Å². The number of anilines is 1. The van der Waals surface area contributed by atoms with E-state index in [4.69, 9.17) is 0 Å². The molecule has 0 radical (unpaired) electrons. The monoisotopic (exact) mass is 239 g/mol. The van der Waals surface area contributed by atoms with Gasteiger partial charge in [0, 0.05) is 24.5 Å². The molecule has 1 aliphatic heterocycles. The molecule has 4 nitrogen and oxygen atoms in total. The summed E-state index contributed by atoms with van der Waals surface area (Å²) in [7, 11) is 0. The molecule has 0 aromatic carbocycles. The maximum absolute atomic E-state index is 11.7. The number of hydrogen-bond donors (Lipinski definition) is 1. The predicted octanol–water partition coefficient (Wildman–Crippen LogP) is 1.88. The molecular weight excluding hydrogens is 222 g/mol. The van der Waals surface area contributed by atoms with Crippen molar-refractivity contribution in [3.8, 4) is 0 Å². The smallest absolute Gasteiger partial charge is 0.271 e. The maximum atomic E-state index is 11.7. The molecule has 88 valence electrons. The molecule has 0 spiro atoms. The van der Waals surface area contributed by atoms with Crippen LogP contribution in [0.4, 0.5) is 5.13 Å². The van der Waals surface area contributed by atoms with Gasteiger partial charge in [-0.05, 0) is 26.7 Å². The number of amides is 1. The highest BCUT2D eigenvalue weighted by atomic mass is 32.1. The van der Waals surface area contributed by atoms with Crippen molar-refractivity contribution in [3.63, 3.8) is 0 Å². The summed E-state index contributed by atoms with van der Waals surface area (Å²) >= 11 is 1.56. The molecule has 0 saturated carbocycles. The fraction of sp³-hybridized carbons (Fsp3) is 0.636. The lowest BCUT2D eigenvalue weighted by Crippen LogP contribution is -2.30. The van der Waals surface area contributed by atoms with E-state index in [0.717, 1.165) is 18.2 Å². The molecule has 0 unspecified atom stereocenters. The van der Waals surface area contributed by atoms with E-state index in [1.165, 1.54) is 12.8 Å². The number of nitrogens with zero attached hydrogens (tertiary/aromatic N) is 2. The van der Waals surface area contributed by atoms with Crippen molar-refractivity contribution in [2.45, 2.75) is 32.7 Å². The molecule has 2 heterocycles. The number of carbonyl (C=O) groups excluding carboxylic acids is 1. The topological polar surface area (TPSA) is 45.2 Å². The van der Waals surface area contributed by atoms with E-state index in [-0.39, 0.29) is 11.9 Å². The quantitative estimate of drug-likeness (QED) is 0.876. The summed E-state index contributed by atoms with van der Waals surface area (Å²) in [6, 6.07) is 0.157. The Kier molecular flexibility index (Phi) is 3.43. The highest BCUT2D eigenvalue weighted by Gasteiger charge is 2.18. The molecule has 1 fully saturated rings. The summed E-state index contributed by atoms with van der Waals surface area (Å²) in [6.45, 7) is 6.04. The number of rotatable bonds is 3. The van der Waals surface area contributed by atoms with E-state index < -0.39 is 0 Å². The van der Waals surface area contributed by atoms with Crippen LogP contribution in [0.5, 0.6) is 0 Å². The van der Waals surface area contributed by atoms with E-state index >= 15 is 0 Å². The Morgan fingerprint density at radius 3 is 2.81 bits per heavy atom. The second-order valence-corrected chi connectivity index (χ2v) is 5.17. The second kappa shape index (κ2) is 4.82. The van der Waals surface area contributed by atoms with Gasteiger partial charge in [-0.2, -0.15) is 0 Å². The molecule has 2 rings (SSSR count). The minimum Gasteiger partial charge on any atom is -0.349 e. The third-order valence-corrected chi connectivity index (χ3v) is 3.42. The Hall–Kier alpha value is -1.10. The number of carbonyl (C=O) groups is 1. The summed E-state index contributed by atoms with van der Waals surface area (Å²) in [5.41, 5.74) is 0.542. The number of nitrogens with one attached hydrogen (secondary N) is 1. The van der Waals surface area contributed by atoms with Crippen LogP contribution in [0.15, 0.2) is 5.38 Å². The first-order chi connectivity index (χ1) is 7.66. The Bertz CT molecular complexity index is 369. The molecular formula is C11H17N3OS. The van der Waals surface area contributed by atoms with Gasteiger partial charge < -0.3 is 10.2 Å². The van der Waals surface area contributed by atoms with Crippen LogP contribution < -0.4 is 10.2 Å². The fourth-order valence-corrected chi connectivity index (χ4v) is 2.62. The van der Waals surface area contributed by atoms with Crippen molar-refractivity contribution < 1.29 is 4.79 Å². The first-order valence-corrected chi connectivity index (χ1v) is 6.56. The molecule has 0 atom stereocenters. The van der Waals surface area contributed by atoms with Crippen molar-refractivity contribution in [2.75, 3.05) is 18.0 Å². The minimum absolute atomic E-state index is 0.0725. The third-order valence-electron chi connectivity index (χ3n) is 2.52. The lowest BCUT2D eigenvalue weighted by Gasteiger charge is -2.12. The summed E-state index contributed by atoms with van der Waals surface area (Å²) in [5, 5.41) is 5.67. The molecule has 16 heavy (non-hydrogen) atoms. The van der Waals surface area contributed by atoms with Crippen molar-refractivity contribution in [3.05, 3.63) is 11.1 Å². The molecule has 1 amide bonds. The molecule has 0 bridgehead atoms. The fourth-order valence-electron chi connectivity index (χ4n) is 1.76. The van der Waals surface area contributed by atoms with E-state index in [0.29, 0.717) is 5.69 Å².